The molecule has 0 saturated carbocycles. The summed E-state index contributed by atoms with van der Waals surface area (Å²) in [5.74, 6) is 1.63. The van der Waals surface area contributed by atoms with Gasteiger partial charge >= 0.3 is 0 Å². The van der Waals surface area contributed by atoms with Gasteiger partial charge < -0.3 is 18.8 Å². The van der Waals surface area contributed by atoms with E-state index in [0.717, 1.165) is 0 Å². The van der Waals surface area contributed by atoms with Gasteiger partial charge in [-0.05, 0) is 46.8 Å². The number of carbonyl (C=O) groups excluding carboxylic acids is 1. The number of aromatic nitrogens is 2. The molecule has 0 aliphatic carbocycles. The van der Waals surface area contributed by atoms with Gasteiger partial charge in [0, 0.05) is 18.2 Å². The van der Waals surface area contributed by atoms with Crippen molar-refractivity contribution >= 4 is 17.7 Å². The van der Waals surface area contributed by atoms with E-state index in [0.29, 0.717) is 28.2 Å². The fourth-order valence-corrected chi connectivity index (χ4v) is 3.60. The molecule has 0 radical (unpaired) electrons. The molecule has 0 N–H and O–H groups in total. The predicted octanol–water partition coefficient (Wildman–Crippen LogP) is 3.88. The van der Waals surface area contributed by atoms with Crippen LogP contribution in [0.5, 0.6) is 11.5 Å². The first-order valence-corrected chi connectivity index (χ1v) is 9.71. The van der Waals surface area contributed by atoms with Crippen LogP contribution in [0.3, 0.4) is 0 Å². The molecule has 1 aromatic carbocycles. The van der Waals surface area contributed by atoms with Crippen LogP contribution in [-0.2, 0) is 4.79 Å². The van der Waals surface area contributed by atoms with Crippen molar-refractivity contribution in [1.82, 2.24) is 15.1 Å². The Bertz CT molecular complexity index is 768. The number of methoxy groups -OCH3 is 2. The zero-order valence-corrected chi connectivity index (χ0v) is 17.7. The van der Waals surface area contributed by atoms with Crippen molar-refractivity contribution in [2.75, 3.05) is 14.2 Å². The molecule has 2 aromatic rings. The molecule has 148 valence electrons. The monoisotopic (exact) mass is 393 g/mol. The number of ether oxygens (including phenoxy) is 2. The molecule has 0 saturated heterocycles. The van der Waals surface area contributed by atoms with Crippen molar-refractivity contribution in [2.24, 2.45) is 0 Å². The minimum absolute atomic E-state index is 0.0479. The highest BCUT2D eigenvalue weighted by atomic mass is 32.2. The van der Waals surface area contributed by atoms with E-state index < -0.39 is 0 Å². The molecule has 7 nitrogen and oxygen atoms in total. The zero-order chi connectivity index (χ0) is 20.1. The van der Waals surface area contributed by atoms with Gasteiger partial charge in [-0.1, -0.05) is 11.8 Å². The topological polar surface area (TPSA) is 77.7 Å². The van der Waals surface area contributed by atoms with Crippen LogP contribution >= 0.6 is 11.8 Å². The molecule has 1 atom stereocenters. The van der Waals surface area contributed by atoms with Gasteiger partial charge in [0.25, 0.3) is 11.1 Å². The van der Waals surface area contributed by atoms with Gasteiger partial charge in [-0.25, -0.2) is 0 Å². The number of benzene rings is 1. The Labute approximate surface area is 164 Å². The van der Waals surface area contributed by atoms with Gasteiger partial charge in [0.2, 0.25) is 5.91 Å². The SMILES string of the molecule is COc1ccc(-c2nnc(S[C@H](C)C(=O)N(C(C)C)C(C)C)o2)c(OC)c1. The molecule has 8 heteroatoms. The van der Waals surface area contributed by atoms with E-state index in [1.165, 1.54) is 11.8 Å². The Balaban J connectivity index is 2.17. The average molecular weight is 394 g/mol. The minimum Gasteiger partial charge on any atom is -0.497 e. The van der Waals surface area contributed by atoms with Gasteiger partial charge in [0.05, 0.1) is 25.0 Å². The van der Waals surface area contributed by atoms with Crippen LogP contribution in [-0.4, -0.2) is 52.6 Å². The molecule has 2 rings (SSSR count). The number of thioether (sulfide) groups is 1. The number of hydrogen-bond acceptors (Lipinski definition) is 7. The Hall–Kier alpha value is -2.22. The fraction of sp³-hybridized carbons (Fsp3) is 0.526. The fourth-order valence-electron chi connectivity index (χ4n) is 2.86. The van der Waals surface area contributed by atoms with Crippen LogP contribution < -0.4 is 9.47 Å². The van der Waals surface area contributed by atoms with Crippen molar-refractivity contribution in [1.29, 1.82) is 0 Å². The van der Waals surface area contributed by atoms with Crippen molar-refractivity contribution < 1.29 is 18.7 Å². The molecule has 0 spiro atoms. The lowest BCUT2D eigenvalue weighted by molar-refractivity contribution is -0.133. The first-order valence-electron chi connectivity index (χ1n) is 8.83. The highest BCUT2D eigenvalue weighted by molar-refractivity contribution is 8.00. The number of carbonyl (C=O) groups is 1. The summed E-state index contributed by atoms with van der Waals surface area (Å²) >= 11 is 1.25. The molecule has 1 aromatic heterocycles. The normalized spacial score (nSPS) is 12.3. The summed E-state index contributed by atoms with van der Waals surface area (Å²) < 4.78 is 16.3. The standard InChI is InChI=1S/C19H27N3O4S/c1-11(2)22(12(3)4)18(23)13(5)27-19-21-20-17(26-19)15-9-8-14(24-6)10-16(15)25-7/h8-13H,1-7H3/t13-/m1/s1. The average Bonchev–Trinajstić information content (AvgIpc) is 3.08. The highest BCUT2D eigenvalue weighted by Crippen LogP contribution is 2.34. The van der Waals surface area contributed by atoms with E-state index in [-0.39, 0.29) is 23.2 Å². The Morgan fingerprint density at radius 3 is 2.30 bits per heavy atom. The molecule has 1 heterocycles. The second-order valence-electron chi connectivity index (χ2n) is 6.63. The third kappa shape index (κ3) is 4.94. The maximum atomic E-state index is 12.8. The molecular weight excluding hydrogens is 366 g/mol. The first kappa shape index (κ1) is 21.1. The summed E-state index contributed by atoms with van der Waals surface area (Å²) in [4.78, 5) is 14.6. The first-order chi connectivity index (χ1) is 12.8. The van der Waals surface area contributed by atoms with E-state index in [1.807, 2.05) is 39.5 Å². The number of amides is 1. The summed E-state index contributed by atoms with van der Waals surface area (Å²) in [5, 5.41) is 8.18. The Morgan fingerprint density at radius 1 is 1.07 bits per heavy atom. The largest absolute Gasteiger partial charge is 0.497 e. The molecule has 0 fully saturated rings. The molecule has 1 amide bonds. The van der Waals surface area contributed by atoms with Crippen LogP contribution in [0.2, 0.25) is 0 Å². The second-order valence-corrected chi connectivity index (χ2v) is 7.92. The van der Waals surface area contributed by atoms with Gasteiger partial charge in [-0.2, -0.15) is 0 Å². The van der Waals surface area contributed by atoms with Crippen molar-refractivity contribution in [2.45, 2.75) is 57.2 Å². The van der Waals surface area contributed by atoms with Crippen LogP contribution in [0.4, 0.5) is 0 Å². The lowest BCUT2D eigenvalue weighted by Gasteiger charge is -2.32. The van der Waals surface area contributed by atoms with Crippen LogP contribution in [0, 0.1) is 0 Å². The number of hydrogen-bond donors (Lipinski definition) is 0. The van der Waals surface area contributed by atoms with Gasteiger partial charge in [0.15, 0.2) is 0 Å². The van der Waals surface area contributed by atoms with E-state index in [4.69, 9.17) is 13.9 Å². The molecular formula is C19H27N3O4S. The van der Waals surface area contributed by atoms with Crippen molar-refractivity contribution in [3.05, 3.63) is 18.2 Å². The number of rotatable bonds is 8. The van der Waals surface area contributed by atoms with Gasteiger partial charge in [-0.15, -0.1) is 10.2 Å². The second kappa shape index (κ2) is 9.12. The molecule has 0 aliphatic heterocycles. The maximum absolute atomic E-state index is 12.8. The number of nitrogens with zero attached hydrogens (tertiary/aromatic N) is 3. The van der Waals surface area contributed by atoms with Gasteiger partial charge in [0.1, 0.15) is 11.5 Å². The summed E-state index contributed by atoms with van der Waals surface area (Å²) in [6.07, 6.45) is 0. The van der Waals surface area contributed by atoms with Crippen molar-refractivity contribution in [3.63, 3.8) is 0 Å². The van der Waals surface area contributed by atoms with E-state index in [9.17, 15) is 4.79 Å². The molecule has 0 bridgehead atoms. The Kier molecular flexibility index (Phi) is 7.12. The summed E-state index contributed by atoms with van der Waals surface area (Å²) in [6.45, 7) is 9.89. The zero-order valence-electron chi connectivity index (χ0n) is 16.8. The van der Waals surface area contributed by atoms with E-state index in [2.05, 4.69) is 10.2 Å². The predicted molar refractivity (Wildman–Crippen MR) is 105 cm³/mol. The van der Waals surface area contributed by atoms with E-state index >= 15 is 0 Å². The van der Waals surface area contributed by atoms with Crippen LogP contribution in [0.15, 0.2) is 27.8 Å². The summed E-state index contributed by atoms with van der Waals surface area (Å²) in [5.41, 5.74) is 0.669. The highest BCUT2D eigenvalue weighted by Gasteiger charge is 2.27. The summed E-state index contributed by atoms with van der Waals surface area (Å²) in [6, 6.07) is 5.60. The third-order valence-electron chi connectivity index (χ3n) is 4.04. The third-order valence-corrected chi connectivity index (χ3v) is 4.96. The quantitative estimate of drug-likeness (QED) is 0.630. The molecule has 0 unspecified atom stereocenters. The maximum Gasteiger partial charge on any atom is 0.277 e. The van der Waals surface area contributed by atoms with E-state index in [1.54, 1.807) is 32.4 Å². The minimum atomic E-state index is -0.333. The molecule has 0 aliphatic rings. The van der Waals surface area contributed by atoms with Crippen LogP contribution in [0.25, 0.3) is 11.5 Å². The summed E-state index contributed by atoms with van der Waals surface area (Å²) in [7, 11) is 3.16. The lowest BCUT2D eigenvalue weighted by Crippen LogP contribution is -2.45. The van der Waals surface area contributed by atoms with Crippen LogP contribution in [0.1, 0.15) is 34.6 Å². The van der Waals surface area contributed by atoms with Gasteiger partial charge in [-0.3, -0.25) is 4.79 Å². The van der Waals surface area contributed by atoms with Crippen molar-refractivity contribution in [3.8, 4) is 23.0 Å². The Morgan fingerprint density at radius 2 is 1.74 bits per heavy atom. The smallest absolute Gasteiger partial charge is 0.277 e. The molecule has 27 heavy (non-hydrogen) atoms. The lowest BCUT2D eigenvalue weighted by atomic mass is 10.2.